The monoisotopic (exact) mass is 283 g/mol. The van der Waals surface area contributed by atoms with Crippen molar-refractivity contribution in [2.24, 2.45) is 0 Å². The Labute approximate surface area is 125 Å². The molecule has 110 valence electrons. The number of hydrogen-bond acceptors (Lipinski definition) is 2. The second-order valence-electron chi connectivity index (χ2n) is 5.69. The van der Waals surface area contributed by atoms with Crippen molar-refractivity contribution in [3.05, 3.63) is 47.5 Å². The highest BCUT2D eigenvalue weighted by molar-refractivity contribution is 6.04. The molecule has 1 fully saturated rings. The zero-order chi connectivity index (χ0) is 14.8. The van der Waals surface area contributed by atoms with Gasteiger partial charge in [-0.15, -0.1) is 0 Å². The van der Waals surface area contributed by atoms with E-state index in [-0.39, 0.29) is 0 Å². The quantitative estimate of drug-likeness (QED) is 0.922. The van der Waals surface area contributed by atoms with Gasteiger partial charge < -0.3 is 5.11 Å². The van der Waals surface area contributed by atoms with Crippen LogP contribution in [0.3, 0.4) is 0 Å². The van der Waals surface area contributed by atoms with E-state index in [2.05, 4.69) is 17.9 Å². The van der Waals surface area contributed by atoms with Crippen LogP contribution in [0.2, 0.25) is 0 Å². The number of aromatic carboxylic acids is 1. The van der Waals surface area contributed by atoms with E-state index in [1.807, 2.05) is 24.3 Å². The van der Waals surface area contributed by atoms with E-state index < -0.39 is 5.97 Å². The molecule has 0 spiro atoms. The summed E-state index contributed by atoms with van der Waals surface area (Å²) in [7, 11) is 0. The van der Waals surface area contributed by atoms with Crippen molar-refractivity contribution in [2.45, 2.75) is 32.2 Å². The van der Waals surface area contributed by atoms with Gasteiger partial charge in [-0.05, 0) is 48.3 Å². The molecule has 2 aromatic rings. The minimum Gasteiger partial charge on any atom is -0.478 e. The third-order valence-electron chi connectivity index (χ3n) is 4.57. The fraction of sp³-hybridized carbons (Fsp3) is 0.389. The number of carboxylic acid groups (broad SMARTS) is 1. The molecule has 1 aliphatic heterocycles. The summed E-state index contributed by atoms with van der Waals surface area (Å²) in [4.78, 5) is 13.9. The largest absolute Gasteiger partial charge is 0.478 e. The Kier molecular flexibility index (Phi) is 3.93. The number of carboxylic acids is 1. The molecule has 0 aromatic heterocycles. The number of likely N-dealkylation sites (tertiary alicyclic amines) is 1. The van der Waals surface area contributed by atoms with Gasteiger partial charge in [0.25, 0.3) is 0 Å². The molecule has 1 heterocycles. The van der Waals surface area contributed by atoms with Crippen LogP contribution < -0.4 is 0 Å². The van der Waals surface area contributed by atoms with Gasteiger partial charge >= 0.3 is 5.97 Å². The van der Waals surface area contributed by atoms with E-state index >= 15 is 0 Å². The van der Waals surface area contributed by atoms with Crippen molar-refractivity contribution in [1.29, 1.82) is 0 Å². The topological polar surface area (TPSA) is 40.5 Å². The second kappa shape index (κ2) is 5.86. The Morgan fingerprint density at radius 2 is 1.95 bits per heavy atom. The summed E-state index contributed by atoms with van der Waals surface area (Å²) in [6.45, 7) is 4.38. The van der Waals surface area contributed by atoms with Gasteiger partial charge in [0, 0.05) is 6.04 Å². The van der Waals surface area contributed by atoms with Crippen molar-refractivity contribution in [3.63, 3.8) is 0 Å². The van der Waals surface area contributed by atoms with E-state index in [9.17, 15) is 9.90 Å². The van der Waals surface area contributed by atoms with Crippen LogP contribution >= 0.6 is 0 Å². The molecule has 1 atom stereocenters. The van der Waals surface area contributed by atoms with Crippen molar-refractivity contribution in [1.82, 2.24) is 4.90 Å². The summed E-state index contributed by atoms with van der Waals surface area (Å²) >= 11 is 0. The first-order chi connectivity index (χ1) is 10.2. The van der Waals surface area contributed by atoms with Crippen molar-refractivity contribution < 1.29 is 9.90 Å². The summed E-state index contributed by atoms with van der Waals surface area (Å²) in [5, 5.41) is 11.3. The summed E-state index contributed by atoms with van der Waals surface area (Å²) in [5.41, 5.74) is 1.67. The van der Waals surface area contributed by atoms with Crippen LogP contribution in [0.25, 0.3) is 10.8 Å². The zero-order valence-electron chi connectivity index (χ0n) is 12.4. The SMILES string of the molecule is CCN1CCCCC1c1ccc(C(=O)O)c2ccccc12. The summed E-state index contributed by atoms with van der Waals surface area (Å²) in [6, 6.07) is 12.1. The highest BCUT2D eigenvalue weighted by Gasteiger charge is 2.24. The Balaban J connectivity index is 2.15. The number of piperidine rings is 1. The van der Waals surface area contributed by atoms with Gasteiger partial charge in [0.1, 0.15) is 0 Å². The van der Waals surface area contributed by atoms with Crippen LogP contribution in [-0.2, 0) is 0 Å². The number of nitrogens with zero attached hydrogens (tertiary/aromatic N) is 1. The van der Waals surface area contributed by atoms with Crippen LogP contribution in [0.4, 0.5) is 0 Å². The molecular formula is C18H21NO2. The molecular weight excluding hydrogens is 262 g/mol. The lowest BCUT2D eigenvalue weighted by Gasteiger charge is -2.36. The van der Waals surface area contributed by atoms with E-state index in [0.717, 1.165) is 30.3 Å². The predicted molar refractivity (Wildman–Crippen MR) is 84.7 cm³/mol. The number of rotatable bonds is 3. The van der Waals surface area contributed by atoms with Crippen LogP contribution in [0.1, 0.15) is 48.1 Å². The molecule has 1 aliphatic rings. The maximum absolute atomic E-state index is 11.4. The van der Waals surface area contributed by atoms with Crippen molar-refractivity contribution in [3.8, 4) is 0 Å². The molecule has 0 amide bonds. The molecule has 0 aliphatic carbocycles. The summed E-state index contributed by atoms with van der Waals surface area (Å²) in [5.74, 6) is -0.853. The standard InChI is InChI=1S/C18H21NO2/c1-2-19-12-6-5-9-17(19)15-10-11-16(18(20)21)14-8-4-3-7-13(14)15/h3-4,7-8,10-11,17H,2,5-6,9,12H2,1H3,(H,20,21). The third-order valence-corrected chi connectivity index (χ3v) is 4.57. The predicted octanol–water partition coefficient (Wildman–Crippen LogP) is 4.08. The van der Waals surface area contributed by atoms with E-state index in [0.29, 0.717) is 11.6 Å². The van der Waals surface area contributed by atoms with E-state index in [4.69, 9.17) is 0 Å². The van der Waals surface area contributed by atoms with Gasteiger partial charge in [0.05, 0.1) is 5.56 Å². The number of hydrogen-bond donors (Lipinski definition) is 1. The third kappa shape index (κ3) is 2.54. The van der Waals surface area contributed by atoms with E-state index in [1.165, 1.54) is 18.4 Å². The second-order valence-corrected chi connectivity index (χ2v) is 5.69. The summed E-state index contributed by atoms with van der Waals surface area (Å²) < 4.78 is 0. The molecule has 1 saturated heterocycles. The normalized spacial score (nSPS) is 19.8. The Morgan fingerprint density at radius 3 is 2.67 bits per heavy atom. The molecule has 1 unspecified atom stereocenters. The first-order valence-electron chi connectivity index (χ1n) is 7.71. The smallest absolute Gasteiger partial charge is 0.336 e. The van der Waals surface area contributed by atoms with Crippen LogP contribution in [0.5, 0.6) is 0 Å². The minimum absolute atomic E-state index is 0.396. The van der Waals surface area contributed by atoms with Crippen molar-refractivity contribution in [2.75, 3.05) is 13.1 Å². The zero-order valence-corrected chi connectivity index (χ0v) is 12.4. The number of carbonyl (C=O) groups is 1. The van der Waals surface area contributed by atoms with Gasteiger partial charge in [-0.1, -0.05) is 43.7 Å². The van der Waals surface area contributed by atoms with E-state index in [1.54, 1.807) is 6.07 Å². The van der Waals surface area contributed by atoms with Gasteiger partial charge in [-0.3, -0.25) is 4.90 Å². The first kappa shape index (κ1) is 14.1. The van der Waals surface area contributed by atoms with Gasteiger partial charge in [0.15, 0.2) is 0 Å². The molecule has 2 aromatic carbocycles. The molecule has 0 radical (unpaired) electrons. The minimum atomic E-state index is -0.853. The van der Waals surface area contributed by atoms with Crippen LogP contribution in [-0.4, -0.2) is 29.1 Å². The van der Waals surface area contributed by atoms with Crippen LogP contribution in [0, 0.1) is 0 Å². The molecule has 0 bridgehead atoms. The fourth-order valence-electron chi connectivity index (χ4n) is 3.52. The lowest BCUT2D eigenvalue weighted by Crippen LogP contribution is -2.33. The molecule has 21 heavy (non-hydrogen) atoms. The average Bonchev–Trinajstić information content (AvgIpc) is 2.53. The van der Waals surface area contributed by atoms with Gasteiger partial charge in [0.2, 0.25) is 0 Å². The Hall–Kier alpha value is -1.87. The molecule has 3 nitrogen and oxygen atoms in total. The molecule has 1 N–H and O–H groups in total. The highest BCUT2D eigenvalue weighted by atomic mass is 16.4. The first-order valence-corrected chi connectivity index (χ1v) is 7.71. The molecule has 0 saturated carbocycles. The lowest BCUT2D eigenvalue weighted by atomic mass is 9.90. The lowest BCUT2D eigenvalue weighted by molar-refractivity contribution is 0.0699. The van der Waals surface area contributed by atoms with Gasteiger partial charge in [-0.2, -0.15) is 0 Å². The van der Waals surface area contributed by atoms with Crippen LogP contribution in [0.15, 0.2) is 36.4 Å². The molecule has 3 rings (SSSR count). The van der Waals surface area contributed by atoms with Gasteiger partial charge in [-0.25, -0.2) is 4.79 Å². The average molecular weight is 283 g/mol. The Morgan fingerprint density at radius 1 is 1.19 bits per heavy atom. The van der Waals surface area contributed by atoms with Crippen molar-refractivity contribution >= 4 is 16.7 Å². The number of benzene rings is 2. The molecule has 3 heteroatoms. The Bertz CT molecular complexity index is 665. The maximum Gasteiger partial charge on any atom is 0.336 e. The highest BCUT2D eigenvalue weighted by Crippen LogP contribution is 2.35. The summed E-state index contributed by atoms with van der Waals surface area (Å²) in [6.07, 6.45) is 3.66. The fourth-order valence-corrected chi connectivity index (χ4v) is 3.52. The maximum atomic E-state index is 11.4. The number of fused-ring (bicyclic) bond motifs is 1.